The lowest BCUT2D eigenvalue weighted by Crippen LogP contribution is -1.97. The van der Waals surface area contributed by atoms with Gasteiger partial charge in [-0.2, -0.15) is 0 Å². The van der Waals surface area contributed by atoms with E-state index >= 15 is 0 Å². The number of fused-ring (bicyclic) bond motifs is 1. The zero-order valence-corrected chi connectivity index (χ0v) is 11.6. The molecule has 1 atom stereocenters. The van der Waals surface area contributed by atoms with Crippen molar-refractivity contribution in [3.05, 3.63) is 60.2 Å². The van der Waals surface area contributed by atoms with E-state index in [-0.39, 0.29) is 11.2 Å². The molecule has 4 heteroatoms. The third-order valence-corrected chi connectivity index (χ3v) is 3.33. The van der Waals surface area contributed by atoms with Gasteiger partial charge in [-0.05, 0) is 43.3 Å². The summed E-state index contributed by atoms with van der Waals surface area (Å²) >= 11 is 6.23. The Kier molecular flexibility index (Phi) is 3.36. The SMILES string of the molecule is C[C@H](Cl)c1nc2ccc(F)cc2cc1-c1ccccn1. The van der Waals surface area contributed by atoms with E-state index in [4.69, 9.17) is 11.6 Å². The Morgan fingerprint density at radius 3 is 2.70 bits per heavy atom. The van der Waals surface area contributed by atoms with E-state index in [1.54, 1.807) is 12.3 Å². The van der Waals surface area contributed by atoms with E-state index in [2.05, 4.69) is 9.97 Å². The normalized spacial score (nSPS) is 12.6. The molecule has 0 fully saturated rings. The highest BCUT2D eigenvalue weighted by Gasteiger charge is 2.14. The van der Waals surface area contributed by atoms with Crippen LogP contribution in [0.4, 0.5) is 4.39 Å². The van der Waals surface area contributed by atoms with Gasteiger partial charge in [0, 0.05) is 17.1 Å². The maximum atomic E-state index is 13.4. The summed E-state index contributed by atoms with van der Waals surface area (Å²) in [7, 11) is 0. The highest BCUT2D eigenvalue weighted by Crippen LogP contribution is 2.31. The van der Waals surface area contributed by atoms with Crippen LogP contribution in [0.3, 0.4) is 0 Å². The van der Waals surface area contributed by atoms with Gasteiger partial charge in [-0.25, -0.2) is 4.39 Å². The average molecular weight is 287 g/mol. The van der Waals surface area contributed by atoms with E-state index in [9.17, 15) is 4.39 Å². The second-order valence-corrected chi connectivity index (χ2v) is 5.24. The molecule has 3 rings (SSSR count). The second-order valence-electron chi connectivity index (χ2n) is 4.59. The van der Waals surface area contributed by atoms with E-state index in [1.165, 1.54) is 12.1 Å². The van der Waals surface area contributed by atoms with E-state index in [1.807, 2.05) is 31.2 Å². The average Bonchev–Trinajstić information content (AvgIpc) is 2.46. The Morgan fingerprint density at radius 1 is 1.15 bits per heavy atom. The highest BCUT2D eigenvalue weighted by atomic mass is 35.5. The number of hydrogen-bond donors (Lipinski definition) is 0. The van der Waals surface area contributed by atoms with Crippen LogP contribution in [-0.2, 0) is 0 Å². The van der Waals surface area contributed by atoms with Gasteiger partial charge in [-0.1, -0.05) is 6.07 Å². The minimum Gasteiger partial charge on any atom is -0.256 e. The topological polar surface area (TPSA) is 25.8 Å². The first-order valence-corrected chi connectivity index (χ1v) is 6.74. The number of hydrogen-bond acceptors (Lipinski definition) is 2. The van der Waals surface area contributed by atoms with Crippen LogP contribution in [0.1, 0.15) is 18.0 Å². The molecule has 0 spiro atoms. The number of rotatable bonds is 2. The largest absolute Gasteiger partial charge is 0.256 e. The number of benzene rings is 1. The second kappa shape index (κ2) is 5.17. The minimum atomic E-state index is -0.280. The van der Waals surface area contributed by atoms with Crippen LogP contribution < -0.4 is 0 Å². The fourth-order valence-corrected chi connectivity index (χ4v) is 2.36. The van der Waals surface area contributed by atoms with Gasteiger partial charge in [0.1, 0.15) is 5.82 Å². The number of nitrogens with zero attached hydrogens (tertiary/aromatic N) is 2. The molecule has 2 nitrogen and oxygen atoms in total. The van der Waals surface area contributed by atoms with Crippen LogP contribution in [0, 0.1) is 5.82 Å². The first kappa shape index (κ1) is 13.0. The van der Waals surface area contributed by atoms with Crippen molar-refractivity contribution in [1.82, 2.24) is 9.97 Å². The first-order chi connectivity index (χ1) is 9.65. The summed E-state index contributed by atoms with van der Waals surface area (Å²) in [6.45, 7) is 1.87. The molecule has 2 heterocycles. The molecule has 0 aliphatic heterocycles. The van der Waals surface area contributed by atoms with Gasteiger partial charge in [0.25, 0.3) is 0 Å². The van der Waals surface area contributed by atoms with Gasteiger partial charge >= 0.3 is 0 Å². The number of alkyl halides is 1. The Hall–Kier alpha value is -2.00. The van der Waals surface area contributed by atoms with Crippen molar-refractivity contribution >= 4 is 22.5 Å². The van der Waals surface area contributed by atoms with Crippen molar-refractivity contribution in [2.75, 3.05) is 0 Å². The molecule has 100 valence electrons. The van der Waals surface area contributed by atoms with Gasteiger partial charge in [-0.15, -0.1) is 11.6 Å². The van der Waals surface area contributed by atoms with Crippen molar-refractivity contribution in [2.24, 2.45) is 0 Å². The van der Waals surface area contributed by atoms with Crippen LogP contribution in [0.5, 0.6) is 0 Å². The summed E-state index contributed by atoms with van der Waals surface area (Å²) in [4.78, 5) is 8.88. The molecule has 0 N–H and O–H groups in total. The quantitative estimate of drug-likeness (QED) is 0.636. The molecule has 20 heavy (non-hydrogen) atoms. The van der Waals surface area contributed by atoms with Crippen molar-refractivity contribution in [2.45, 2.75) is 12.3 Å². The predicted molar refractivity (Wildman–Crippen MR) is 79.2 cm³/mol. The standard InChI is InChI=1S/C16H12ClFN2/c1-10(17)16-13(15-4-2-3-7-19-15)9-11-8-12(18)5-6-14(11)20-16/h2-10H,1H3/t10-/m0/s1. The summed E-state index contributed by atoms with van der Waals surface area (Å²) in [5.74, 6) is -0.280. The Morgan fingerprint density at radius 2 is 2.00 bits per heavy atom. The van der Waals surface area contributed by atoms with Crippen LogP contribution in [0.15, 0.2) is 48.7 Å². The molecular formula is C16H12ClFN2. The molecule has 2 aromatic heterocycles. The first-order valence-electron chi connectivity index (χ1n) is 6.31. The van der Waals surface area contributed by atoms with Crippen LogP contribution in [-0.4, -0.2) is 9.97 Å². The summed E-state index contributed by atoms with van der Waals surface area (Å²) in [6, 6.07) is 12.1. The molecule has 0 aliphatic rings. The molecule has 0 saturated carbocycles. The molecule has 0 radical (unpaired) electrons. The van der Waals surface area contributed by atoms with E-state index in [0.717, 1.165) is 27.9 Å². The Labute approximate surface area is 121 Å². The Balaban J connectivity index is 2.30. The molecule has 0 amide bonds. The van der Waals surface area contributed by atoms with Gasteiger partial charge in [0.2, 0.25) is 0 Å². The molecule has 0 aliphatic carbocycles. The van der Waals surface area contributed by atoms with Gasteiger partial charge in [0.05, 0.1) is 22.3 Å². The van der Waals surface area contributed by atoms with Crippen LogP contribution in [0.2, 0.25) is 0 Å². The fourth-order valence-electron chi connectivity index (χ4n) is 2.19. The maximum absolute atomic E-state index is 13.4. The van der Waals surface area contributed by atoms with Crippen LogP contribution >= 0.6 is 11.6 Å². The van der Waals surface area contributed by atoms with Crippen molar-refractivity contribution in [3.8, 4) is 11.3 Å². The minimum absolute atomic E-state index is 0.249. The molecule has 3 aromatic rings. The van der Waals surface area contributed by atoms with E-state index < -0.39 is 0 Å². The lowest BCUT2D eigenvalue weighted by molar-refractivity contribution is 0.629. The number of halogens is 2. The summed E-state index contributed by atoms with van der Waals surface area (Å²) in [5.41, 5.74) is 3.11. The van der Waals surface area contributed by atoms with E-state index in [0.29, 0.717) is 0 Å². The summed E-state index contributed by atoms with van der Waals surface area (Å²) in [6.07, 6.45) is 1.72. The monoisotopic (exact) mass is 286 g/mol. The summed E-state index contributed by atoms with van der Waals surface area (Å²) < 4.78 is 13.4. The van der Waals surface area contributed by atoms with Crippen LogP contribution in [0.25, 0.3) is 22.2 Å². The maximum Gasteiger partial charge on any atom is 0.123 e. The lowest BCUT2D eigenvalue weighted by atomic mass is 10.0. The van der Waals surface area contributed by atoms with Crippen molar-refractivity contribution in [3.63, 3.8) is 0 Å². The molecule has 0 bridgehead atoms. The molecule has 0 saturated heterocycles. The third kappa shape index (κ3) is 2.37. The third-order valence-electron chi connectivity index (χ3n) is 3.12. The fraction of sp³-hybridized carbons (Fsp3) is 0.125. The highest BCUT2D eigenvalue weighted by molar-refractivity contribution is 6.21. The van der Waals surface area contributed by atoms with Gasteiger partial charge < -0.3 is 0 Å². The smallest absolute Gasteiger partial charge is 0.123 e. The number of pyridine rings is 2. The van der Waals surface area contributed by atoms with Crippen molar-refractivity contribution < 1.29 is 4.39 Å². The van der Waals surface area contributed by atoms with Gasteiger partial charge in [0.15, 0.2) is 0 Å². The van der Waals surface area contributed by atoms with Gasteiger partial charge in [-0.3, -0.25) is 9.97 Å². The molecular weight excluding hydrogens is 275 g/mol. The summed E-state index contributed by atoms with van der Waals surface area (Å²) in [5, 5.41) is 0.494. The lowest BCUT2D eigenvalue weighted by Gasteiger charge is -2.12. The molecule has 1 aromatic carbocycles. The predicted octanol–water partition coefficient (Wildman–Crippen LogP) is 4.74. The molecule has 0 unspecified atom stereocenters. The Bertz CT molecular complexity index is 757. The number of aromatic nitrogens is 2. The zero-order valence-electron chi connectivity index (χ0n) is 10.8. The van der Waals surface area contributed by atoms with Crippen molar-refractivity contribution in [1.29, 1.82) is 0 Å². The zero-order chi connectivity index (χ0) is 14.1.